The van der Waals surface area contributed by atoms with E-state index in [0.717, 1.165) is 22.1 Å². The zero-order valence-corrected chi connectivity index (χ0v) is 15.1. The lowest BCUT2D eigenvalue weighted by Gasteiger charge is -2.13. The number of methoxy groups -OCH3 is 1. The number of benzene rings is 3. The first-order valence-corrected chi connectivity index (χ1v) is 8.51. The van der Waals surface area contributed by atoms with Crippen LogP contribution in [-0.2, 0) is 9.53 Å². The van der Waals surface area contributed by atoms with E-state index in [1.54, 1.807) is 14.0 Å². The predicted octanol–water partition coefficient (Wildman–Crippen LogP) is 4.52. The lowest BCUT2D eigenvalue weighted by atomic mass is 9.98. The number of ketones is 1. The van der Waals surface area contributed by atoms with Crippen molar-refractivity contribution in [3.05, 3.63) is 77.6 Å². The molecule has 0 aromatic heterocycles. The van der Waals surface area contributed by atoms with Crippen LogP contribution in [0.25, 0.3) is 10.8 Å². The van der Waals surface area contributed by atoms with E-state index in [1.807, 2.05) is 36.4 Å². The molecule has 3 rings (SSSR count). The molecule has 4 nitrogen and oxygen atoms in total. The van der Waals surface area contributed by atoms with Crippen molar-refractivity contribution in [2.45, 2.75) is 12.8 Å². The Morgan fingerprint density at radius 2 is 1.63 bits per heavy atom. The predicted molar refractivity (Wildman–Crippen MR) is 101 cm³/mol. The second kappa shape index (κ2) is 7.99. The molecule has 0 saturated carbocycles. The standard InChI is InChI=1S/C22H19FO4/c1-14(16-3-4-18-12-20(26-2)10-7-17(18)11-16)22(25)27-13-21(24)15-5-8-19(23)9-6-15/h3-12,14H,13H2,1-2H3/t14-/m0/s1. The molecule has 3 aromatic carbocycles. The number of rotatable bonds is 6. The first kappa shape index (κ1) is 18.6. The van der Waals surface area contributed by atoms with Crippen LogP contribution in [0.3, 0.4) is 0 Å². The summed E-state index contributed by atoms with van der Waals surface area (Å²) in [6.45, 7) is 1.36. The molecule has 0 heterocycles. The van der Waals surface area contributed by atoms with Crippen molar-refractivity contribution in [3.8, 4) is 5.75 Å². The van der Waals surface area contributed by atoms with Crippen LogP contribution < -0.4 is 4.74 Å². The van der Waals surface area contributed by atoms with Gasteiger partial charge in [0.1, 0.15) is 11.6 Å². The smallest absolute Gasteiger partial charge is 0.313 e. The Kier molecular flexibility index (Phi) is 5.50. The van der Waals surface area contributed by atoms with Gasteiger partial charge in [-0.2, -0.15) is 0 Å². The fourth-order valence-corrected chi connectivity index (χ4v) is 2.76. The van der Waals surface area contributed by atoms with E-state index in [1.165, 1.54) is 24.3 Å². The summed E-state index contributed by atoms with van der Waals surface area (Å²) in [6.07, 6.45) is 0. The summed E-state index contributed by atoms with van der Waals surface area (Å²) in [4.78, 5) is 24.4. The number of carbonyl (C=O) groups excluding carboxylic acids is 2. The Balaban J connectivity index is 1.66. The molecule has 0 spiro atoms. The number of ether oxygens (including phenoxy) is 2. The lowest BCUT2D eigenvalue weighted by molar-refractivity contribution is -0.143. The highest BCUT2D eigenvalue weighted by Gasteiger charge is 2.19. The van der Waals surface area contributed by atoms with Crippen LogP contribution in [0, 0.1) is 5.82 Å². The summed E-state index contributed by atoms with van der Waals surface area (Å²) in [5, 5.41) is 1.99. The molecule has 0 amide bonds. The van der Waals surface area contributed by atoms with E-state index in [9.17, 15) is 14.0 Å². The van der Waals surface area contributed by atoms with Crippen molar-refractivity contribution < 1.29 is 23.5 Å². The Hall–Kier alpha value is -3.21. The van der Waals surface area contributed by atoms with Crippen LogP contribution in [-0.4, -0.2) is 25.5 Å². The number of Topliss-reactive ketones (excluding diaryl/α,β-unsaturated/α-hetero) is 1. The molecule has 0 N–H and O–H groups in total. The fraction of sp³-hybridized carbons (Fsp3) is 0.182. The molecule has 1 atom stereocenters. The van der Waals surface area contributed by atoms with Crippen LogP contribution in [0.1, 0.15) is 28.8 Å². The molecule has 3 aromatic rings. The molecule has 27 heavy (non-hydrogen) atoms. The van der Waals surface area contributed by atoms with Gasteiger partial charge in [-0.15, -0.1) is 0 Å². The Bertz CT molecular complexity index is 979. The normalized spacial score (nSPS) is 11.8. The van der Waals surface area contributed by atoms with Gasteiger partial charge in [-0.1, -0.05) is 24.3 Å². The van der Waals surface area contributed by atoms with Gasteiger partial charge < -0.3 is 9.47 Å². The molecular formula is C22H19FO4. The SMILES string of the molecule is COc1ccc2cc([C@H](C)C(=O)OCC(=O)c3ccc(F)cc3)ccc2c1. The van der Waals surface area contributed by atoms with E-state index in [2.05, 4.69) is 0 Å². The second-order valence-electron chi connectivity index (χ2n) is 6.23. The van der Waals surface area contributed by atoms with Crippen molar-refractivity contribution in [2.24, 2.45) is 0 Å². The first-order chi connectivity index (χ1) is 13.0. The molecule has 0 bridgehead atoms. The maximum absolute atomic E-state index is 12.9. The van der Waals surface area contributed by atoms with Gasteiger partial charge in [0.05, 0.1) is 13.0 Å². The summed E-state index contributed by atoms with van der Waals surface area (Å²) >= 11 is 0. The second-order valence-corrected chi connectivity index (χ2v) is 6.23. The molecule has 0 aliphatic carbocycles. The Morgan fingerprint density at radius 1 is 0.963 bits per heavy atom. The van der Waals surface area contributed by atoms with E-state index in [0.29, 0.717) is 5.56 Å². The minimum Gasteiger partial charge on any atom is -0.497 e. The fourth-order valence-electron chi connectivity index (χ4n) is 2.76. The zero-order valence-electron chi connectivity index (χ0n) is 15.1. The van der Waals surface area contributed by atoms with Crippen molar-refractivity contribution in [1.82, 2.24) is 0 Å². The van der Waals surface area contributed by atoms with Crippen LogP contribution in [0.2, 0.25) is 0 Å². The number of hydrogen-bond donors (Lipinski definition) is 0. The van der Waals surface area contributed by atoms with Crippen molar-refractivity contribution in [1.29, 1.82) is 0 Å². The highest BCUT2D eigenvalue weighted by Crippen LogP contribution is 2.25. The minimum atomic E-state index is -0.516. The van der Waals surface area contributed by atoms with Crippen molar-refractivity contribution in [2.75, 3.05) is 13.7 Å². The first-order valence-electron chi connectivity index (χ1n) is 8.51. The minimum absolute atomic E-state index is 0.302. The van der Waals surface area contributed by atoms with Gasteiger partial charge in [0.25, 0.3) is 0 Å². The largest absolute Gasteiger partial charge is 0.497 e. The third-order valence-corrected chi connectivity index (χ3v) is 4.44. The summed E-state index contributed by atoms with van der Waals surface area (Å²) in [5.41, 5.74) is 1.10. The molecule has 0 unspecified atom stereocenters. The topological polar surface area (TPSA) is 52.6 Å². The van der Waals surface area contributed by atoms with E-state index < -0.39 is 17.7 Å². The van der Waals surface area contributed by atoms with Crippen LogP contribution in [0.5, 0.6) is 5.75 Å². The maximum atomic E-state index is 12.9. The van der Waals surface area contributed by atoms with Crippen molar-refractivity contribution >= 4 is 22.5 Å². The quantitative estimate of drug-likeness (QED) is 0.476. The summed E-state index contributed by atoms with van der Waals surface area (Å²) in [5.74, 6) is -1.04. The maximum Gasteiger partial charge on any atom is 0.313 e. The Labute approximate surface area is 156 Å². The van der Waals surface area contributed by atoms with Gasteiger partial charge in [-0.3, -0.25) is 9.59 Å². The number of halogens is 1. The summed E-state index contributed by atoms with van der Waals surface area (Å²) in [6, 6.07) is 16.5. The highest BCUT2D eigenvalue weighted by molar-refractivity contribution is 5.98. The van der Waals surface area contributed by atoms with Gasteiger partial charge in [-0.25, -0.2) is 4.39 Å². The van der Waals surface area contributed by atoms with Crippen LogP contribution in [0.15, 0.2) is 60.7 Å². The molecule has 138 valence electrons. The number of carbonyl (C=O) groups is 2. The molecule has 5 heteroatoms. The summed E-state index contributed by atoms with van der Waals surface area (Å²) in [7, 11) is 1.61. The van der Waals surface area contributed by atoms with Gasteiger partial charge in [0.2, 0.25) is 0 Å². The molecular weight excluding hydrogens is 347 g/mol. The number of esters is 1. The molecule has 0 fully saturated rings. The highest BCUT2D eigenvalue weighted by atomic mass is 19.1. The molecule has 0 radical (unpaired) electrons. The third kappa shape index (κ3) is 4.31. The van der Waals surface area contributed by atoms with Gasteiger partial charge in [0, 0.05) is 5.56 Å². The van der Waals surface area contributed by atoms with Crippen LogP contribution >= 0.6 is 0 Å². The number of fused-ring (bicyclic) bond motifs is 1. The van der Waals surface area contributed by atoms with E-state index >= 15 is 0 Å². The summed E-state index contributed by atoms with van der Waals surface area (Å²) < 4.78 is 23.3. The zero-order chi connectivity index (χ0) is 19.4. The molecule has 0 saturated heterocycles. The van der Waals surface area contributed by atoms with E-state index in [-0.39, 0.29) is 12.4 Å². The Morgan fingerprint density at radius 3 is 2.33 bits per heavy atom. The van der Waals surface area contributed by atoms with Gasteiger partial charge in [-0.05, 0) is 59.7 Å². The van der Waals surface area contributed by atoms with Gasteiger partial charge in [0.15, 0.2) is 12.4 Å². The van der Waals surface area contributed by atoms with Gasteiger partial charge >= 0.3 is 5.97 Å². The third-order valence-electron chi connectivity index (χ3n) is 4.44. The molecule has 0 aliphatic heterocycles. The monoisotopic (exact) mass is 366 g/mol. The average molecular weight is 366 g/mol. The van der Waals surface area contributed by atoms with E-state index in [4.69, 9.17) is 9.47 Å². The molecule has 0 aliphatic rings. The van der Waals surface area contributed by atoms with Crippen LogP contribution in [0.4, 0.5) is 4.39 Å². The number of hydrogen-bond acceptors (Lipinski definition) is 4. The average Bonchev–Trinajstić information content (AvgIpc) is 2.70. The van der Waals surface area contributed by atoms with Crippen molar-refractivity contribution in [3.63, 3.8) is 0 Å². The lowest BCUT2D eigenvalue weighted by Crippen LogP contribution is -2.18.